The molecule has 0 saturated heterocycles. The van der Waals surface area contributed by atoms with Gasteiger partial charge in [-0.05, 0) is 19.9 Å². The number of anilines is 1. The SMILES string of the molecule is CC(C)OCCNc1cc(Cl)c(Cl)cc1[N+](=O)[O-]. The summed E-state index contributed by atoms with van der Waals surface area (Å²) in [4.78, 5) is 10.4. The van der Waals surface area contributed by atoms with Crippen LogP contribution in [0, 0.1) is 10.1 Å². The molecule has 0 saturated carbocycles. The van der Waals surface area contributed by atoms with Crippen molar-refractivity contribution in [3.63, 3.8) is 0 Å². The molecule has 0 radical (unpaired) electrons. The summed E-state index contributed by atoms with van der Waals surface area (Å²) >= 11 is 11.6. The van der Waals surface area contributed by atoms with E-state index in [-0.39, 0.29) is 21.8 Å². The number of nitro groups is 1. The van der Waals surface area contributed by atoms with E-state index in [1.807, 2.05) is 13.8 Å². The van der Waals surface area contributed by atoms with E-state index in [2.05, 4.69) is 5.32 Å². The van der Waals surface area contributed by atoms with E-state index in [1.165, 1.54) is 12.1 Å². The molecule has 0 spiro atoms. The van der Waals surface area contributed by atoms with Gasteiger partial charge in [-0.25, -0.2) is 0 Å². The Bertz CT molecular complexity index is 439. The number of benzene rings is 1. The third-order valence-corrected chi connectivity index (χ3v) is 2.83. The second-order valence-corrected chi connectivity index (χ2v) is 4.70. The average Bonchev–Trinajstić information content (AvgIpc) is 2.28. The summed E-state index contributed by atoms with van der Waals surface area (Å²) in [6.45, 7) is 4.75. The minimum atomic E-state index is -0.506. The quantitative estimate of drug-likeness (QED) is 0.493. The first-order chi connectivity index (χ1) is 8.41. The topological polar surface area (TPSA) is 64.4 Å². The highest BCUT2D eigenvalue weighted by atomic mass is 35.5. The van der Waals surface area contributed by atoms with E-state index in [4.69, 9.17) is 27.9 Å². The van der Waals surface area contributed by atoms with Crippen LogP contribution in [0.15, 0.2) is 12.1 Å². The fraction of sp³-hybridized carbons (Fsp3) is 0.455. The van der Waals surface area contributed by atoms with Crippen LogP contribution in [0.2, 0.25) is 10.0 Å². The number of hydrogen-bond acceptors (Lipinski definition) is 4. The van der Waals surface area contributed by atoms with Gasteiger partial charge in [0.1, 0.15) is 5.69 Å². The Labute approximate surface area is 115 Å². The van der Waals surface area contributed by atoms with Crippen LogP contribution in [-0.4, -0.2) is 24.2 Å². The Morgan fingerprint density at radius 1 is 1.39 bits per heavy atom. The zero-order valence-electron chi connectivity index (χ0n) is 10.1. The normalized spacial score (nSPS) is 10.7. The highest BCUT2D eigenvalue weighted by molar-refractivity contribution is 6.42. The van der Waals surface area contributed by atoms with E-state index >= 15 is 0 Å². The maximum atomic E-state index is 10.9. The van der Waals surface area contributed by atoms with Crippen molar-refractivity contribution >= 4 is 34.6 Å². The molecule has 18 heavy (non-hydrogen) atoms. The van der Waals surface area contributed by atoms with Crippen molar-refractivity contribution in [2.75, 3.05) is 18.5 Å². The van der Waals surface area contributed by atoms with Gasteiger partial charge >= 0.3 is 0 Å². The molecule has 1 aromatic rings. The lowest BCUT2D eigenvalue weighted by molar-refractivity contribution is -0.383. The number of ether oxygens (including phenoxy) is 1. The first kappa shape index (κ1) is 15.0. The van der Waals surface area contributed by atoms with Crippen LogP contribution < -0.4 is 5.32 Å². The van der Waals surface area contributed by atoms with Gasteiger partial charge in [-0.15, -0.1) is 0 Å². The molecule has 5 nitrogen and oxygen atoms in total. The number of hydrogen-bond donors (Lipinski definition) is 1. The summed E-state index contributed by atoms with van der Waals surface area (Å²) in [6, 6.07) is 2.67. The van der Waals surface area contributed by atoms with Crippen LogP contribution in [0.1, 0.15) is 13.8 Å². The zero-order chi connectivity index (χ0) is 13.7. The molecule has 100 valence electrons. The molecule has 0 heterocycles. The summed E-state index contributed by atoms with van der Waals surface area (Å²) in [5.74, 6) is 0. The van der Waals surface area contributed by atoms with Crippen molar-refractivity contribution in [2.24, 2.45) is 0 Å². The Morgan fingerprint density at radius 3 is 2.56 bits per heavy atom. The molecule has 0 fully saturated rings. The van der Waals surface area contributed by atoms with Gasteiger partial charge in [-0.1, -0.05) is 23.2 Å². The first-order valence-electron chi connectivity index (χ1n) is 5.40. The highest BCUT2D eigenvalue weighted by Crippen LogP contribution is 2.33. The lowest BCUT2D eigenvalue weighted by Crippen LogP contribution is -2.13. The largest absolute Gasteiger partial charge is 0.377 e. The van der Waals surface area contributed by atoms with Crippen molar-refractivity contribution in [2.45, 2.75) is 20.0 Å². The molecule has 0 bridgehead atoms. The van der Waals surface area contributed by atoms with Crippen LogP contribution >= 0.6 is 23.2 Å². The molecular weight excluding hydrogens is 279 g/mol. The highest BCUT2D eigenvalue weighted by Gasteiger charge is 2.16. The van der Waals surface area contributed by atoms with Crippen molar-refractivity contribution < 1.29 is 9.66 Å². The minimum absolute atomic E-state index is 0.103. The van der Waals surface area contributed by atoms with Crippen LogP contribution in [0.4, 0.5) is 11.4 Å². The van der Waals surface area contributed by atoms with Gasteiger partial charge in [0.05, 0.1) is 27.7 Å². The second kappa shape index (κ2) is 6.78. The van der Waals surface area contributed by atoms with E-state index in [0.29, 0.717) is 18.8 Å². The summed E-state index contributed by atoms with van der Waals surface area (Å²) in [5.41, 5.74) is 0.232. The summed E-state index contributed by atoms with van der Waals surface area (Å²) in [7, 11) is 0. The molecule has 1 N–H and O–H groups in total. The number of nitrogens with zero attached hydrogens (tertiary/aromatic N) is 1. The third kappa shape index (κ3) is 4.33. The maximum absolute atomic E-state index is 10.9. The molecule has 0 aliphatic carbocycles. The first-order valence-corrected chi connectivity index (χ1v) is 6.16. The fourth-order valence-corrected chi connectivity index (χ4v) is 1.63. The Balaban J connectivity index is 2.74. The number of nitrogens with one attached hydrogen (secondary N) is 1. The molecule has 0 amide bonds. The van der Waals surface area contributed by atoms with Crippen molar-refractivity contribution in [3.05, 3.63) is 32.3 Å². The Hall–Kier alpha value is -1.04. The van der Waals surface area contributed by atoms with Gasteiger partial charge < -0.3 is 10.1 Å². The summed E-state index contributed by atoms with van der Waals surface area (Å²) in [6.07, 6.45) is 0.121. The van der Waals surface area contributed by atoms with E-state index in [0.717, 1.165) is 0 Å². The number of halogens is 2. The Kier molecular flexibility index (Phi) is 5.65. The minimum Gasteiger partial charge on any atom is -0.377 e. The molecule has 1 rings (SSSR count). The van der Waals surface area contributed by atoms with Crippen LogP contribution in [0.25, 0.3) is 0 Å². The lowest BCUT2D eigenvalue weighted by Gasteiger charge is -2.10. The van der Waals surface area contributed by atoms with Gasteiger partial charge in [0.25, 0.3) is 5.69 Å². The molecule has 0 aromatic heterocycles. The molecular formula is C11H14Cl2N2O3. The molecule has 0 aliphatic heterocycles. The van der Waals surface area contributed by atoms with Crippen LogP contribution in [0.5, 0.6) is 0 Å². The number of nitro benzene ring substituents is 1. The molecule has 7 heteroatoms. The molecule has 1 aromatic carbocycles. The second-order valence-electron chi connectivity index (χ2n) is 3.89. The van der Waals surface area contributed by atoms with Crippen molar-refractivity contribution in [3.8, 4) is 0 Å². The molecule has 0 aliphatic rings. The maximum Gasteiger partial charge on any atom is 0.293 e. The summed E-state index contributed by atoms with van der Waals surface area (Å²) in [5, 5.41) is 14.2. The number of rotatable bonds is 6. The van der Waals surface area contributed by atoms with E-state index < -0.39 is 4.92 Å². The lowest BCUT2D eigenvalue weighted by atomic mass is 10.2. The van der Waals surface area contributed by atoms with Crippen LogP contribution in [0.3, 0.4) is 0 Å². The van der Waals surface area contributed by atoms with Gasteiger partial charge in [-0.2, -0.15) is 0 Å². The average molecular weight is 293 g/mol. The van der Waals surface area contributed by atoms with Gasteiger partial charge in [0.15, 0.2) is 0 Å². The fourth-order valence-electron chi connectivity index (χ4n) is 1.31. The van der Waals surface area contributed by atoms with Gasteiger partial charge in [0, 0.05) is 12.6 Å². The van der Waals surface area contributed by atoms with Gasteiger partial charge in [0.2, 0.25) is 0 Å². The monoisotopic (exact) mass is 292 g/mol. The van der Waals surface area contributed by atoms with E-state index in [1.54, 1.807) is 0 Å². The van der Waals surface area contributed by atoms with Crippen LogP contribution in [-0.2, 0) is 4.74 Å². The van der Waals surface area contributed by atoms with E-state index in [9.17, 15) is 10.1 Å². The summed E-state index contributed by atoms with van der Waals surface area (Å²) < 4.78 is 5.33. The van der Waals surface area contributed by atoms with Crippen molar-refractivity contribution in [1.29, 1.82) is 0 Å². The van der Waals surface area contributed by atoms with Crippen molar-refractivity contribution in [1.82, 2.24) is 0 Å². The Morgan fingerprint density at radius 2 is 2.00 bits per heavy atom. The predicted octanol–water partition coefficient (Wildman–Crippen LogP) is 3.74. The van der Waals surface area contributed by atoms with Gasteiger partial charge in [-0.3, -0.25) is 10.1 Å². The smallest absolute Gasteiger partial charge is 0.293 e. The molecule has 0 unspecified atom stereocenters. The predicted molar refractivity (Wildman–Crippen MR) is 72.7 cm³/mol. The zero-order valence-corrected chi connectivity index (χ0v) is 11.6. The molecule has 0 atom stereocenters. The third-order valence-electron chi connectivity index (χ3n) is 2.10. The standard InChI is InChI=1S/C11H14Cl2N2O3/c1-7(2)18-4-3-14-10-5-8(12)9(13)6-11(10)15(16)17/h5-7,14H,3-4H2,1-2H3.